The molecule has 2 saturated heterocycles. The van der Waals surface area contributed by atoms with Crippen LogP contribution < -0.4 is 5.32 Å². The smallest absolute Gasteiger partial charge is 0.317 e. The summed E-state index contributed by atoms with van der Waals surface area (Å²) in [6.07, 6.45) is 0.421. The van der Waals surface area contributed by atoms with E-state index in [9.17, 15) is 18.4 Å². The van der Waals surface area contributed by atoms with Crippen molar-refractivity contribution in [2.45, 2.75) is 25.0 Å². The molecule has 0 aliphatic carbocycles. The van der Waals surface area contributed by atoms with E-state index in [4.69, 9.17) is 9.84 Å². The molecule has 1 aromatic rings. The number of halogens is 2. The van der Waals surface area contributed by atoms with Gasteiger partial charge in [0.1, 0.15) is 6.10 Å². The van der Waals surface area contributed by atoms with Crippen LogP contribution in [-0.2, 0) is 9.53 Å². The van der Waals surface area contributed by atoms with Crippen molar-refractivity contribution < 1.29 is 28.2 Å². The molecule has 0 bridgehead atoms. The number of carboxylic acid groups (broad SMARTS) is 1. The number of likely N-dealkylation sites (tertiary alicyclic amines) is 1. The van der Waals surface area contributed by atoms with Gasteiger partial charge in [0, 0.05) is 19.7 Å². The predicted molar refractivity (Wildman–Crippen MR) is 79.3 cm³/mol. The molecule has 0 spiro atoms. The highest BCUT2D eigenvalue weighted by atomic mass is 19.2. The number of nitrogens with one attached hydrogen (secondary N) is 1. The molecule has 3 atom stereocenters. The molecule has 3 unspecified atom stereocenters. The maximum Gasteiger partial charge on any atom is 0.317 e. The summed E-state index contributed by atoms with van der Waals surface area (Å²) in [5, 5.41) is 11.8. The van der Waals surface area contributed by atoms with Crippen LogP contribution in [0.2, 0.25) is 0 Å². The van der Waals surface area contributed by atoms with Gasteiger partial charge in [-0.25, -0.2) is 13.6 Å². The summed E-state index contributed by atoms with van der Waals surface area (Å²) >= 11 is 0. The van der Waals surface area contributed by atoms with Crippen molar-refractivity contribution in [3.63, 3.8) is 0 Å². The van der Waals surface area contributed by atoms with Gasteiger partial charge >= 0.3 is 12.0 Å². The summed E-state index contributed by atoms with van der Waals surface area (Å²) in [6, 6.07) is 2.81. The first-order chi connectivity index (χ1) is 11.5. The summed E-state index contributed by atoms with van der Waals surface area (Å²) in [7, 11) is 0. The summed E-state index contributed by atoms with van der Waals surface area (Å²) in [6.45, 7) is 0.948. The van der Waals surface area contributed by atoms with E-state index >= 15 is 0 Å². The highest BCUT2D eigenvalue weighted by Gasteiger charge is 2.35. The molecule has 2 amide bonds. The fourth-order valence-corrected chi connectivity index (χ4v) is 3.15. The van der Waals surface area contributed by atoms with E-state index in [0.29, 0.717) is 31.6 Å². The monoisotopic (exact) mass is 340 g/mol. The molecular weight excluding hydrogens is 322 g/mol. The van der Waals surface area contributed by atoms with Crippen molar-refractivity contribution in [1.29, 1.82) is 0 Å². The minimum absolute atomic E-state index is 0.171. The number of urea groups is 1. The second kappa shape index (κ2) is 6.72. The second-order valence-electron chi connectivity index (χ2n) is 6.08. The largest absolute Gasteiger partial charge is 0.481 e. The Kier molecular flexibility index (Phi) is 4.66. The first kappa shape index (κ1) is 16.6. The van der Waals surface area contributed by atoms with Gasteiger partial charge in [-0.3, -0.25) is 4.79 Å². The van der Waals surface area contributed by atoms with Gasteiger partial charge in [-0.1, -0.05) is 6.07 Å². The minimum atomic E-state index is -0.961. The SMILES string of the molecule is O=C(O)C1CCN(C(=O)NC2CCOC2c2ccc(F)c(F)c2)C1. The van der Waals surface area contributed by atoms with Crippen molar-refractivity contribution in [2.24, 2.45) is 5.92 Å². The van der Waals surface area contributed by atoms with Gasteiger partial charge in [-0.15, -0.1) is 0 Å². The zero-order valence-electron chi connectivity index (χ0n) is 12.9. The van der Waals surface area contributed by atoms with Gasteiger partial charge in [0.05, 0.1) is 12.0 Å². The van der Waals surface area contributed by atoms with Crippen LogP contribution >= 0.6 is 0 Å². The van der Waals surface area contributed by atoms with Crippen LogP contribution in [-0.4, -0.2) is 47.7 Å². The molecule has 0 saturated carbocycles. The van der Waals surface area contributed by atoms with E-state index in [0.717, 1.165) is 12.1 Å². The standard InChI is InChI=1S/C16H18F2N2O4/c17-11-2-1-9(7-12(11)18)14-13(4-6-24-14)19-16(23)20-5-3-10(8-20)15(21)22/h1-2,7,10,13-14H,3-6,8H2,(H,19,23)(H,21,22). The van der Waals surface area contributed by atoms with Crippen LogP contribution in [0.3, 0.4) is 0 Å². The van der Waals surface area contributed by atoms with Gasteiger partial charge in [0.15, 0.2) is 11.6 Å². The lowest BCUT2D eigenvalue weighted by Crippen LogP contribution is -2.45. The number of carbonyl (C=O) groups is 2. The van der Waals surface area contributed by atoms with Crippen molar-refractivity contribution in [3.8, 4) is 0 Å². The van der Waals surface area contributed by atoms with E-state index in [-0.39, 0.29) is 18.6 Å². The molecule has 1 aromatic carbocycles. The Hall–Kier alpha value is -2.22. The number of aliphatic carboxylic acids is 1. The number of nitrogens with zero attached hydrogens (tertiary/aromatic N) is 1. The molecule has 3 rings (SSSR count). The Bertz CT molecular complexity index is 655. The number of rotatable bonds is 3. The first-order valence-electron chi connectivity index (χ1n) is 7.80. The average molecular weight is 340 g/mol. The Labute approximate surface area is 137 Å². The molecule has 2 heterocycles. The molecule has 6 nitrogen and oxygen atoms in total. The Morgan fingerprint density at radius 1 is 1.25 bits per heavy atom. The number of carboxylic acids is 1. The minimum Gasteiger partial charge on any atom is -0.481 e. The summed E-state index contributed by atoms with van der Waals surface area (Å²) in [4.78, 5) is 24.7. The molecule has 8 heteroatoms. The molecule has 2 fully saturated rings. The summed E-state index contributed by atoms with van der Waals surface area (Å²) in [5.41, 5.74) is 0.460. The lowest BCUT2D eigenvalue weighted by Gasteiger charge is -2.24. The van der Waals surface area contributed by atoms with E-state index in [2.05, 4.69) is 5.32 Å². The third kappa shape index (κ3) is 3.33. The molecular formula is C16H18F2N2O4. The molecule has 2 aliphatic rings. The molecule has 24 heavy (non-hydrogen) atoms. The lowest BCUT2D eigenvalue weighted by atomic mass is 10.0. The van der Waals surface area contributed by atoms with Crippen molar-refractivity contribution >= 4 is 12.0 Å². The van der Waals surface area contributed by atoms with Crippen LogP contribution in [0.15, 0.2) is 18.2 Å². The summed E-state index contributed by atoms with van der Waals surface area (Å²) < 4.78 is 32.0. The highest BCUT2D eigenvalue weighted by molar-refractivity contribution is 5.77. The van der Waals surface area contributed by atoms with Crippen molar-refractivity contribution in [1.82, 2.24) is 10.2 Å². The third-order valence-corrected chi connectivity index (χ3v) is 4.50. The number of hydrogen-bond acceptors (Lipinski definition) is 3. The maximum atomic E-state index is 13.4. The predicted octanol–water partition coefficient (Wildman–Crippen LogP) is 1.91. The normalized spacial score (nSPS) is 26.6. The topological polar surface area (TPSA) is 78.9 Å². The number of benzene rings is 1. The quantitative estimate of drug-likeness (QED) is 0.881. The molecule has 0 aromatic heterocycles. The molecule has 0 radical (unpaired) electrons. The fraction of sp³-hybridized carbons (Fsp3) is 0.500. The van der Waals surface area contributed by atoms with E-state index in [1.165, 1.54) is 11.0 Å². The van der Waals surface area contributed by atoms with Gasteiger partial charge in [0.2, 0.25) is 0 Å². The van der Waals surface area contributed by atoms with Crippen LogP contribution in [0.5, 0.6) is 0 Å². The van der Waals surface area contributed by atoms with Crippen LogP contribution in [0, 0.1) is 17.6 Å². The third-order valence-electron chi connectivity index (χ3n) is 4.50. The van der Waals surface area contributed by atoms with Gasteiger partial charge in [-0.05, 0) is 30.5 Å². The van der Waals surface area contributed by atoms with Gasteiger partial charge in [0.25, 0.3) is 0 Å². The van der Waals surface area contributed by atoms with Crippen LogP contribution in [0.25, 0.3) is 0 Å². The second-order valence-corrected chi connectivity index (χ2v) is 6.08. The van der Waals surface area contributed by atoms with Crippen molar-refractivity contribution in [3.05, 3.63) is 35.4 Å². The molecule has 2 N–H and O–H groups in total. The zero-order chi connectivity index (χ0) is 17.3. The van der Waals surface area contributed by atoms with E-state index in [1.807, 2.05) is 0 Å². The number of carbonyl (C=O) groups excluding carboxylic acids is 1. The highest BCUT2D eigenvalue weighted by Crippen LogP contribution is 2.30. The van der Waals surface area contributed by atoms with E-state index in [1.54, 1.807) is 0 Å². The molecule has 130 valence electrons. The number of ether oxygens (including phenoxy) is 1. The Morgan fingerprint density at radius 2 is 2.04 bits per heavy atom. The van der Waals surface area contributed by atoms with Gasteiger partial charge < -0.3 is 20.1 Å². The number of hydrogen-bond donors (Lipinski definition) is 2. The summed E-state index contributed by atoms with van der Waals surface area (Å²) in [5.74, 6) is -3.35. The van der Waals surface area contributed by atoms with Crippen molar-refractivity contribution in [2.75, 3.05) is 19.7 Å². The van der Waals surface area contributed by atoms with Crippen LogP contribution in [0.4, 0.5) is 13.6 Å². The Morgan fingerprint density at radius 3 is 2.71 bits per heavy atom. The van der Waals surface area contributed by atoms with Gasteiger partial charge in [-0.2, -0.15) is 0 Å². The average Bonchev–Trinajstić information content (AvgIpc) is 3.19. The maximum absolute atomic E-state index is 13.4. The fourth-order valence-electron chi connectivity index (χ4n) is 3.15. The van der Waals surface area contributed by atoms with Crippen LogP contribution in [0.1, 0.15) is 24.5 Å². The zero-order valence-corrected chi connectivity index (χ0v) is 12.9. The Balaban J connectivity index is 1.64. The first-order valence-corrected chi connectivity index (χ1v) is 7.80. The lowest BCUT2D eigenvalue weighted by molar-refractivity contribution is -0.141. The molecule has 2 aliphatic heterocycles. The van der Waals surface area contributed by atoms with E-state index < -0.39 is 29.6 Å². The number of amides is 2.